The van der Waals surface area contributed by atoms with Gasteiger partial charge in [-0.2, -0.15) is 5.26 Å². The zero-order valence-electron chi connectivity index (χ0n) is 15.6. The second-order valence-electron chi connectivity index (χ2n) is 6.75. The van der Waals surface area contributed by atoms with Gasteiger partial charge >= 0.3 is 0 Å². The molecular formula is C22H21N3OS2. The minimum atomic E-state index is -0.368. The van der Waals surface area contributed by atoms with Crippen molar-refractivity contribution in [2.24, 2.45) is 5.73 Å². The fraction of sp³-hybridized carbons (Fsp3) is 0.273. The van der Waals surface area contributed by atoms with Crippen molar-refractivity contribution in [2.45, 2.75) is 36.3 Å². The fourth-order valence-electron chi connectivity index (χ4n) is 4.04. The first-order chi connectivity index (χ1) is 13.7. The smallest absolute Gasteiger partial charge is 0.161 e. The summed E-state index contributed by atoms with van der Waals surface area (Å²) in [4.78, 5) is 15.0. The molecule has 0 amide bonds. The summed E-state index contributed by atoms with van der Waals surface area (Å²) in [6.45, 7) is 2.11. The first kappa shape index (κ1) is 18.9. The van der Waals surface area contributed by atoms with Crippen molar-refractivity contribution >= 4 is 34.6 Å². The molecule has 4 rings (SSSR count). The van der Waals surface area contributed by atoms with Gasteiger partial charge in [0.1, 0.15) is 5.82 Å². The zero-order valence-corrected chi connectivity index (χ0v) is 17.3. The van der Waals surface area contributed by atoms with E-state index in [1.54, 1.807) is 23.1 Å². The molecule has 1 aromatic carbocycles. The minimum Gasteiger partial charge on any atom is -0.384 e. The Labute approximate surface area is 173 Å². The Morgan fingerprint density at radius 2 is 2.07 bits per heavy atom. The van der Waals surface area contributed by atoms with Crippen molar-refractivity contribution in [1.82, 2.24) is 0 Å². The van der Waals surface area contributed by atoms with Crippen molar-refractivity contribution in [3.05, 3.63) is 70.0 Å². The molecule has 0 radical (unpaired) electrons. The van der Waals surface area contributed by atoms with Crippen LogP contribution in [-0.4, -0.2) is 11.5 Å². The van der Waals surface area contributed by atoms with Crippen molar-refractivity contribution in [2.75, 3.05) is 10.7 Å². The average molecular weight is 408 g/mol. The van der Waals surface area contributed by atoms with Gasteiger partial charge in [-0.25, -0.2) is 0 Å². The summed E-state index contributed by atoms with van der Waals surface area (Å²) in [5, 5.41) is 12.1. The van der Waals surface area contributed by atoms with Crippen LogP contribution in [0.25, 0.3) is 0 Å². The van der Waals surface area contributed by atoms with Crippen LogP contribution in [0.4, 0.5) is 5.69 Å². The summed E-state index contributed by atoms with van der Waals surface area (Å²) in [5.74, 6) is 1.14. The monoisotopic (exact) mass is 407 g/mol. The number of thioether (sulfide) groups is 1. The summed E-state index contributed by atoms with van der Waals surface area (Å²) in [6, 6.07) is 14.2. The number of carbonyl (C=O) groups excluding carboxylic acids is 1. The van der Waals surface area contributed by atoms with Crippen LogP contribution in [0.5, 0.6) is 0 Å². The molecule has 0 bridgehead atoms. The van der Waals surface area contributed by atoms with Gasteiger partial charge in [0, 0.05) is 23.4 Å². The van der Waals surface area contributed by atoms with E-state index >= 15 is 0 Å². The van der Waals surface area contributed by atoms with Crippen molar-refractivity contribution in [3.63, 3.8) is 0 Å². The minimum absolute atomic E-state index is 0.131. The molecule has 1 aliphatic heterocycles. The fourth-order valence-corrected chi connectivity index (χ4v) is 6.10. The maximum absolute atomic E-state index is 13.1. The van der Waals surface area contributed by atoms with Gasteiger partial charge in [0.2, 0.25) is 0 Å². The Balaban J connectivity index is 1.96. The standard InChI is InChI=1S/C22H21N3OS2/c1-2-27-22-15(11-12-28-22)19-16(13-23)21(24)25(14-7-4-3-5-8-14)17-9-6-10-18(26)20(17)19/h3-5,7-8,11-12,19H,2,6,9-10,24H2,1H3. The van der Waals surface area contributed by atoms with Crippen molar-refractivity contribution < 1.29 is 4.79 Å². The molecule has 2 aliphatic rings. The van der Waals surface area contributed by atoms with E-state index in [1.807, 2.05) is 46.7 Å². The van der Waals surface area contributed by atoms with Crippen LogP contribution in [0.15, 0.2) is 68.7 Å². The van der Waals surface area contributed by atoms with E-state index in [2.05, 4.69) is 13.0 Å². The maximum Gasteiger partial charge on any atom is 0.161 e. The summed E-state index contributed by atoms with van der Waals surface area (Å²) in [7, 11) is 0. The molecule has 1 unspecified atom stereocenters. The largest absolute Gasteiger partial charge is 0.384 e. The normalized spacial score (nSPS) is 19.6. The van der Waals surface area contributed by atoms with Gasteiger partial charge in [0.15, 0.2) is 5.78 Å². The molecule has 1 aliphatic carbocycles. The highest BCUT2D eigenvalue weighted by molar-refractivity contribution is 8.01. The van der Waals surface area contributed by atoms with Crippen LogP contribution in [0, 0.1) is 11.3 Å². The van der Waals surface area contributed by atoms with E-state index in [0.717, 1.165) is 45.3 Å². The highest BCUT2D eigenvalue weighted by atomic mass is 32.2. The molecule has 1 atom stereocenters. The lowest BCUT2D eigenvalue weighted by Gasteiger charge is -2.39. The molecule has 0 saturated heterocycles. The number of nitrogens with zero attached hydrogens (tertiary/aromatic N) is 2. The number of thiophene rings is 1. The molecule has 2 N–H and O–H groups in total. The van der Waals surface area contributed by atoms with Crippen molar-refractivity contribution in [1.29, 1.82) is 5.26 Å². The first-order valence-corrected chi connectivity index (χ1v) is 11.2. The Kier molecular flexibility index (Phi) is 5.29. The molecule has 142 valence electrons. The molecule has 4 nitrogen and oxygen atoms in total. The Morgan fingerprint density at radius 3 is 2.79 bits per heavy atom. The van der Waals surface area contributed by atoms with E-state index in [4.69, 9.17) is 5.73 Å². The predicted octanol–water partition coefficient (Wildman–Crippen LogP) is 5.16. The zero-order chi connectivity index (χ0) is 19.7. The van der Waals surface area contributed by atoms with Crippen LogP contribution < -0.4 is 10.6 Å². The summed E-state index contributed by atoms with van der Waals surface area (Å²) < 4.78 is 1.16. The number of ketones is 1. The number of nitriles is 1. The Bertz CT molecular complexity index is 1010. The van der Waals surface area contributed by atoms with E-state index in [1.165, 1.54) is 0 Å². The van der Waals surface area contributed by atoms with Crippen molar-refractivity contribution in [3.8, 4) is 6.07 Å². The maximum atomic E-state index is 13.1. The number of para-hydroxylation sites is 1. The third kappa shape index (κ3) is 3.05. The first-order valence-electron chi connectivity index (χ1n) is 9.38. The second kappa shape index (κ2) is 7.86. The molecule has 6 heteroatoms. The van der Waals surface area contributed by atoms with Crippen LogP contribution in [0.2, 0.25) is 0 Å². The quantitative estimate of drug-likeness (QED) is 0.709. The van der Waals surface area contributed by atoms with E-state index in [-0.39, 0.29) is 11.7 Å². The summed E-state index contributed by atoms with van der Waals surface area (Å²) in [6.07, 6.45) is 2.12. The third-order valence-corrected chi connectivity index (χ3v) is 7.32. The molecule has 2 heterocycles. The summed E-state index contributed by atoms with van der Waals surface area (Å²) >= 11 is 3.41. The molecule has 1 aromatic heterocycles. The average Bonchev–Trinajstić information content (AvgIpc) is 3.16. The second-order valence-corrected chi connectivity index (χ2v) is 9.20. The van der Waals surface area contributed by atoms with Gasteiger partial charge in [0.25, 0.3) is 0 Å². The lowest BCUT2D eigenvalue weighted by atomic mass is 9.76. The third-order valence-electron chi connectivity index (χ3n) is 5.17. The molecule has 2 aromatic rings. The topological polar surface area (TPSA) is 70.1 Å². The number of hydrogen-bond donors (Lipinski definition) is 1. The molecule has 28 heavy (non-hydrogen) atoms. The number of nitrogens with two attached hydrogens (primary N) is 1. The number of benzene rings is 1. The Hall–Kier alpha value is -2.49. The van der Waals surface area contributed by atoms with Gasteiger partial charge in [-0.05, 0) is 47.7 Å². The number of Topliss-reactive ketones (excluding diaryl/α,β-unsaturated/α-hetero) is 1. The van der Waals surface area contributed by atoms with Crippen LogP contribution in [-0.2, 0) is 4.79 Å². The predicted molar refractivity (Wildman–Crippen MR) is 115 cm³/mol. The van der Waals surface area contributed by atoms with Gasteiger partial charge in [-0.3, -0.25) is 9.69 Å². The van der Waals surface area contributed by atoms with Gasteiger partial charge in [-0.15, -0.1) is 23.1 Å². The van der Waals surface area contributed by atoms with Gasteiger partial charge in [0.05, 0.1) is 21.8 Å². The number of hydrogen-bond acceptors (Lipinski definition) is 6. The highest BCUT2D eigenvalue weighted by Crippen LogP contribution is 2.49. The van der Waals surface area contributed by atoms with Crippen LogP contribution in [0.3, 0.4) is 0 Å². The molecule has 0 spiro atoms. The Morgan fingerprint density at radius 1 is 1.29 bits per heavy atom. The van der Waals surface area contributed by atoms with E-state index < -0.39 is 0 Å². The SMILES string of the molecule is CCSc1sccc1C1C(C#N)=C(N)N(c2ccccc2)C2=C1C(=O)CCC2. The van der Waals surface area contributed by atoms with Crippen LogP contribution >= 0.6 is 23.1 Å². The van der Waals surface area contributed by atoms with Gasteiger partial charge in [-0.1, -0.05) is 25.1 Å². The number of allylic oxidation sites excluding steroid dienone is 3. The van der Waals surface area contributed by atoms with Gasteiger partial charge < -0.3 is 5.73 Å². The van der Waals surface area contributed by atoms with E-state index in [9.17, 15) is 10.1 Å². The number of carbonyl (C=O) groups is 1. The molecular weight excluding hydrogens is 386 g/mol. The lowest BCUT2D eigenvalue weighted by molar-refractivity contribution is -0.116. The highest BCUT2D eigenvalue weighted by Gasteiger charge is 2.41. The van der Waals surface area contributed by atoms with Crippen LogP contribution in [0.1, 0.15) is 37.7 Å². The molecule has 0 fully saturated rings. The number of rotatable bonds is 4. The lowest BCUT2D eigenvalue weighted by Crippen LogP contribution is -2.38. The van der Waals surface area contributed by atoms with E-state index in [0.29, 0.717) is 17.8 Å². The number of anilines is 1. The molecule has 0 saturated carbocycles. The summed E-state index contributed by atoms with van der Waals surface area (Å²) in [5.41, 5.74) is 10.7.